The predicted octanol–water partition coefficient (Wildman–Crippen LogP) is 4.12. The Labute approximate surface area is 152 Å². The summed E-state index contributed by atoms with van der Waals surface area (Å²) >= 11 is 6.00. The third kappa shape index (κ3) is 5.74. The molecule has 1 aromatic heterocycles. The van der Waals surface area contributed by atoms with Gasteiger partial charge in [0.25, 0.3) is 5.88 Å². The van der Waals surface area contributed by atoms with E-state index in [4.69, 9.17) is 25.8 Å². The van der Waals surface area contributed by atoms with Gasteiger partial charge < -0.3 is 14.2 Å². The Morgan fingerprint density at radius 1 is 0.960 bits per heavy atom. The molecule has 9 heteroatoms. The fourth-order valence-corrected chi connectivity index (χ4v) is 1.87. The standard InChI is InChI=1S/C16H24ClN3O5/c1-9-10(12(23-8)19-18-11(9)17)20(13(21)24-15(2,3)4)14(22)25-16(5,6)7/h1-8H3. The fraction of sp³-hybridized carbons (Fsp3) is 0.625. The van der Waals surface area contributed by atoms with Gasteiger partial charge in [-0.1, -0.05) is 11.6 Å². The van der Waals surface area contributed by atoms with Crippen LogP contribution in [0, 0.1) is 6.92 Å². The molecular weight excluding hydrogens is 350 g/mol. The maximum Gasteiger partial charge on any atom is 0.424 e. The number of hydrogen-bond acceptors (Lipinski definition) is 7. The van der Waals surface area contributed by atoms with Gasteiger partial charge in [-0.25, -0.2) is 9.59 Å². The highest BCUT2D eigenvalue weighted by Gasteiger charge is 2.36. The molecule has 0 N–H and O–H groups in total. The van der Waals surface area contributed by atoms with Crippen molar-refractivity contribution in [2.75, 3.05) is 12.0 Å². The van der Waals surface area contributed by atoms with Crippen molar-refractivity contribution in [3.8, 4) is 5.88 Å². The zero-order valence-electron chi connectivity index (χ0n) is 15.8. The normalized spacial score (nSPS) is 11.7. The van der Waals surface area contributed by atoms with E-state index in [1.54, 1.807) is 48.5 Å². The molecule has 0 aromatic carbocycles. The largest absolute Gasteiger partial charge is 0.478 e. The lowest BCUT2D eigenvalue weighted by Gasteiger charge is -2.29. The van der Waals surface area contributed by atoms with Crippen molar-refractivity contribution in [3.05, 3.63) is 10.7 Å². The van der Waals surface area contributed by atoms with Crippen LogP contribution in [0.5, 0.6) is 5.88 Å². The Bertz CT molecular complexity index is 637. The molecule has 2 amide bonds. The zero-order valence-corrected chi connectivity index (χ0v) is 16.5. The van der Waals surface area contributed by atoms with Crippen molar-refractivity contribution < 1.29 is 23.8 Å². The molecule has 0 bridgehead atoms. The molecule has 0 aliphatic carbocycles. The van der Waals surface area contributed by atoms with E-state index in [0.29, 0.717) is 10.5 Å². The highest BCUT2D eigenvalue weighted by atomic mass is 35.5. The van der Waals surface area contributed by atoms with Crippen LogP contribution in [-0.4, -0.2) is 40.7 Å². The maximum absolute atomic E-state index is 12.7. The number of aromatic nitrogens is 2. The summed E-state index contributed by atoms with van der Waals surface area (Å²) < 4.78 is 15.8. The molecule has 0 aliphatic rings. The van der Waals surface area contributed by atoms with Gasteiger partial charge in [-0.15, -0.1) is 10.2 Å². The number of halogens is 1. The van der Waals surface area contributed by atoms with E-state index in [0.717, 1.165) is 0 Å². The highest BCUT2D eigenvalue weighted by molar-refractivity contribution is 6.30. The monoisotopic (exact) mass is 373 g/mol. The minimum absolute atomic E-state index is 0.0194. The Kier molecular flexibility index (Phi) is 6.23. The van der Waals surface area contributed by atoms with Gasteiger partial charge in [-0.2, -0.15) is 4.90 Å². The molecule has 0 atom stereocenters. The molecule has 0 unspecified atom stereocenters. The highest BCUT2D eigenvalue weighted by Crippen LogP contribution is 2.34. The molecule has 1 rings (SSSR count). The quantitative estimate of drug-likeness (QED) is 0.769. The summed E-state index contributed by atoms with van der Waals surface area (Å²) in [6, 6.07) is 0. The number of imide groups is 1. The Morgan fingerprint density at radius 2 is 1.40 bits per heavy atom. The molecule has 8 nitrogen and oxygen atoms in total. The van der Waals surface area contributed by atoms with Gasteiger partial charge in [0.2, 0.25) is 0 Å². The molecule has 0 radical (unpaired) electrons. The number of ether oxygens (including phenoxy) is 3. The SMILES string of the molecule is COc1nnc(Cl)c(C)c1N(C(=O)OC(C)(C)C)C(=O)OC(C)(C)C. The molecule has 1 aromatic rings. The molecule has 0 spiro atoms. The van der Waals surface area contributed by atoms with Crippen molar-refractivity contribution in [1.82, 2.24) is 10.2 Å². The zero-order chi connectivity index (χ0) is 19.6. The average Bonchev–Trinajstić information content (AvgIpc) is 2.40. The van der Waals surface area contributed by atoms with E-state index in [1.165, 1.54) is 7.11 Å². The van der Waals surface area contributed by atoms with Gasteiger partial charge in [-0.3, -0.25) is 0 Å². The summed E-state index contributed by atoms with van der Waals surface area (Å²) in [6.07, 6.45) is -1.88. The van der Waals surface area contributed by atoms with Crippen molar-refractivity contribution in [2.24, 2.45) is 0 Å². The summed E-state index contributed by atoms with van der Waals surface area (Å²) in [5.74, 6) is -0.0568. The van der Waals surface area contributed by atoms with Crippen LogP contribution in [0.2, 0.25) is 5.15 Å². The second-order valence-electron chi connectivity index (χ2n) is 7.27. The molecule has 140 valence electrons. The topological polar surface area (TPSA) is 90.9 Å². The Balaban J connectivity index is 3.49. The lowest BCUT2D eigenvalue weighted by Crippen LogP contribution is -2.44. The number of rotatable bonds is 2. The van der Waals surface area contributed by atoms with E-state index in [1.807, 2.05) is 0 Å². The first-order valence-electron chi connectivity index (χ1n) is 7.59. The fourth-order valence-electron chi connectivity index (χ4n) is 1.74. The van der Waals surface area contributed by atoms with Gasteiger partial charge in [-0.05, 0) is 48.5 Å². The number of hydrogen-bond donors (Lipinski definition) is 0. The Morgan fingerprint density at radius 3 is 1.76 bits per heavy atom. The van der Waals surface area contributed by atoms with Crippen molar-refractivity contribution in [1.29, 1.82) is 0 Å². The van der Waals surface area contributed by atoms with Gasteiger partial charge in [0.1, 0.15) is 16.9 Å². The number of carbonyl (C=O) groups excluding carboxylic acids is 2. The first kappa shape index (κ1) is 21.0. The molecule has 25 heavy (non-hydrogen) atoms. The number of anilines is 1. The first-order chi connectivity index (χ1) is 11.3. The molecule has 0 saturated carbocycles. The molecular formula is C16H24ClN3O5. The molecule has 0 aliphatic heterocycles. The van der Waals surface area contributed by atoms with Gasteiger partial charge in [0, 0.05) is 5.56 Å². The third-order valence-corrected chi connectivity index (χ3v) is 3.02. The van der Waals surface area contributed by atoms with E-state index >= 15 is 0 Å². The van der Waals surface area contributed by atoms with Crippen LogP contribution in [0.15, 0.2) is 0 Å². The lowest BCUT2D eigenvalue weighted by molar-refractivity contribution is 0.0428. The number of carbonyl (C=O) groups is 2. The first-order valence-corrected chi connectivity index (χ1v) is 7.97. The number of amides is 2. The molecule has 0 fully saturated rings. The molecule has 0 saturated heterocycles. The summed E-state index contributed by atoms with van der Waals surface area (Å²) in [6.45, 7) is 11.7. The molecule has 1 heterocycles. The minimum Gasteiger partial charge on any atom is -0.478 e. The third-order valence-electron chi connectivity index (χ3n) is 2.66. The van der Waals surface area contributed by atoms with Crippen LogP contribution in [0.1, 0.15) is 47.1 Å². The van der Waals surface area contributed by atoms with Crippen LogP contribution in [-0.2, 0) is 9.47 Å². The van der Waals surface area contributed by atoms with Crippen LogP contribution in [0.4, 0.5) is 15.3 Å². The summed E-state index contributed by atoms with van der Waals surface area (Å²) in [5.41, 5.74) is -1.32. The van der Waals surface area contributed by atoms with E-state index in [-0.39, 0.29) is 16.7 Å². The van der Waals surface area contributed by atoms with E-state index in [2.05, 4.69) is 10.2 Å². The second kappa shape index (κ2) is 7.43. The minimum atomic E-state index is -0.938. The summed E-state index contributed by atoms with van der Waals surface area (Å²) in [5, 5.41) is 7.52. The van der Waals surface area contributed by atoms with Crippen LogP contribution >= 0.6 is 11.6 Å². The maximum atomic E-state index is 12.7. The second-order valence-corrected chi connectivity index (χ2v) is 7.63. The Hall–Kier alpha value is -2.09. The van der Waals surface area contributed by atoms with Gasteiger partial charge in [0.15, 0.2) is 5.15 Å². The predicted molar refractivity (Wildman–Crippen MR) is 93.3 cm³/mol. The van der Waals surface area contributed by atoms with Gasteiger partial charge in [0.05, 0.1) is 7.11 Å². The van der Waals surface area contributed by atoms with E-state index in [9.17, 15) is 9.59 Å². The van der Waals surface area contributed by atoms with Crippen molar-refractivity contribution in [2.45, 2.75) is 59.7 Å². The van der Waals surface area contributed by atoms with Gasteiger partial charge >= 0.3 is 12.2 Å². The van der Waals surface area contributed by atoms with Crippen molar-refractivity contribution in [3.63, 3.8) is 0 Å². The van der Waals surface area contributed by atoms with E-state index < -0.39 is 23.4 Å². The summed E-state index contributed by atoms with van der Waals surface area (Å²) in [7, 11) is 1.34. The summed E-state index contributed by atoms with van der Waals surface area (Å²) in [4.78, 5) is 26.1. The average molecular weight is 374 g/mol. The number of nitrogens with zero attached hydrogens (tertiary/aromatic N) is 3. The van der Waals surface area contributed by atoms with Crippen LogP contribution in [0.25, 0.3) is 0 Å². The van der Waals surface area contributed by atoms with Crippen LogP contribution in [0.3, 0.4) is 0 Å². The van der Waals surface area contributed by atoms with Crippen molar-refractivity contribution >= 4 is 29.5 Å². The smallest absolute Gasteiger partial charge is 0.424 e. The van der Waals surface area contributed by atoms with Crippen LogP contribution < -0.4 is 9.64 Å². The lowest BCUT2D eigenvalue weighted by atomic mass is 10.2. The number of methoxy groups -OCH3 is 1.